The Morgan fingerprint density at radius 3 is 2.45 bits per heavy atom. The largest absolute Gasteiger partial charge is 0.491 e. The van der Waals surface area contributed by atoms with Crippen molar-refractivity contribution in [1.82, 2.24) is 16.0 Å². The average Bonchev–Trinajstić information content (AvgIpc) is 2.70. The predicted octanol–water partition coefficient (Wildman–Crippen LogP) is 0.528. The lowest BCUT2D eigenvalue weighted by atomic mass is 9.98. The number of hydrogen-bond donors (Lipinski definition) is 5. The molecule has 10 nitrogen and oxygen atoms in total. The van der Waals surface area contributed by atoms with Gasteiger partial charge >= 0.3 is 5.97 Å². The summed E-state index contributed by atoms with van der Waals surface area (Å²) in [7, 11) is 1.74. The molecule has 0 saturated heterocycles. The van der Waals surface area contributed by atoms with Gasteiger partial charge in [0.1, 0.15) is 24.4 Å². The van der Waals surface area contributed by atoms with Crippen molar-refractivity contribution in [2.24, 2.45) is 11.7 Å². The van der Waals surface area contributed by atoms with Crippen LogP contribution in [0.15, 0.2) is 18.2 Å². The normalized spacial score (nSPS) is 13.5. The van der Waals surface area contributed by atoms with Gasteiger partial charge in [0.05, 0.1) is 12.0 Å². The summed E-state index contributed by atoms with van der Waals surface area (Å²) in [6.45, 7) is 4.23. The highest BCUT2D eigenvalue weighted by Gasteiger charge is 2.31. The molecule has 0 aromatic heterocycles. The molecule has 0 saturated carbocycles. The molecule has 1 aromatic rings. The van der Waals surface area contributed by atoms with Gasteiger partial charge in [-0.1, -0.05) is 31.9 Å². The summed E-state index contributed by atoms with van der Waals surface area (Å²) in [5.41, 5.74) is 5.31. The number of likely N-dealkylation sites (N-methyl/N-ethyl adjacent to an activating group) is 1. The molecule has 0 aliphatic heterocycles. The van der Waals surface area contributed by atoms with Gasteiger partial charge < -0.3 is 31.5 Å². The van der Waals surface area contributed by atoms with Crippen molar-refractivity contribution >= 4 is 35.3 Å². The van der Waals surface area contributed by atoms with Gasteiger partial charge in [0.15, 0.2) is 0 Å². The first-order valence-electron chi connectivity index (χ1n) is 9.79. The molecule has 0 unspecified atom stereocenters. The Hall–Kier alpha value is -2.85. The number of amides is 3. The number of nitrogens with two attached hydrogens (primary N) is 1. The van der Waals surface area contributed by atoms with E-state index in [1.165, 1.54) is 18.2 Å². The summed E-state index contributed by atoms with van der Waals surface area (Å²) in [5, 5.41) is 17.4. The molecule has 1 rings (SSSR count). The summed E-state index contributed by atoms with van der Waals surface area (Å²) in [4.78, 5) is 48.4. The van der Waals surface area contributed by atoms with Gasteiger partial charge in [-0.15, -0.1) is 0 Å². The molecule has 172 valence electrons. The Bertz CT molecular complexity index is 804. The van der Waals surface area contributed by atoms with Gasteiger partial charge in [-0.2, -0.15) is 0 Å². The van der Waals surface area contributed by atoms with E-state index >= 15 is 0 Å². The molecule has 31 heavy (non-hydrogen) atoms. The van der Waals surface area contributed by atoms with Crippen LogP contribution in [-0.2, 0) is 14.4 Å². The minimum Gasteiger partial charge on any atom is -0.491 e. The number of hydrogen-bond acceptors (Lipinski definition) is 6. The molecule has 0 spiro atoms. The topological polar surface area (TPSA) is 160 Å². The second-order valence-electron chi connectivity index (χ2n) is 7.00. The van der Waals surface area contributed by atoms with Crippen molar-refractivity contribution in [3.8, 4) is 5.75 Å². The Kier molecular flexibility index (Phi) is 10.8. The summed E-state index contributed by atoms with van der Waals surface area (Å²) in [5.74, 6) is -3.75. The Labute approximate surface area is 185 Å². The summed E-state index contributed by atoms with van der Waals surface area (Å²) < 4.78 is 5.57. The second kappa shape index (κ2) is 12.8. The lowest BCUT2D eigenvalue weighted by Crippen LogP contribution is -2.54. The second-order valence-corrected chi connectivity index (χ2v) is 7.44. The average molecular weight is 457 g/mol. The van der Waals surface area contributed by atoms with Crippen LogP contribution in [0.5, 0.6) is 5.75 Å². The fourth-order valence-corrected chi connectivity index (χ4v) is 2.81. The van der Waals surface area contributed by atoms with Crippen molar-refractivity contribution in [3.05, 3.63) is 28.8 Å². The fraction of sp³-hybridized carbons (Fsp3) is 0.500. The standard InChI is InChI=1S/C20H29ClN4O6/c1-4-11(2)17(20(29)30)25-19(28)14(10-16(22)26)24-18(27)13-6-5-12(21)9-15(13)31-8-7-23-3/h5-6,9,11,14,17,23H,4,7-8,10H2,1-3H3,(H2,22,26)(H,24,27)(H,25,28)(H,29,30)/t11-,14-,17-/m0/s1. The number of carbonyl (C=O) groups is 4. The quantitative estimate of drug-likeness (QED) is 0.270. The Balaban J connectivity index is 3.06. The molecule has 3 amide bonds. The van der Waals surface area contributed by atoms with Crippen LogP contribution in [0.2, 0.25) is 5.02 Å². The molecule has 6 N–H and O–H groups in total. The van der Waals surface area contributed by atoms with Gasteiger partial charge in [-0.05, 0) is 31.2 Å². The maximum atomic E-state index is 12.8. The number of aliphatic carboxylic acids is 1. The molecule has 1 aromatic carbocycles. The van der Waals surface area contributed by atoms with Crippen LogP contribution < -0.4 is 26.4 Å². The van der Waals surface area contributed by atoms with E-state index in [0.29, 0.717) is 18.0 Å². The van der Waals surface area contributed by atoms with Crippen LogP contribution in [0.3, 0.4) is 0 Å². The smallest absolute Gasteiger partial charge is 0.326 e. The van der Waals surface area contributed by atoms with E-state index in [2.05, 4.69) is 16.0 Å². The molecule has 0 heterocycles. The number of ether oxygens (including phenoxy) is 1. The van der Waals surface area contributed by atoms with Crippen LogP contribution in [0.25, 0.3) is 0 Å². The lowest BCUT2D eigenvalue weighted by Gasteiger charge is -2.24. The fourth-order valence-electron chi connectivity index (χ4n) is 2.65. The van der Waals surface area contributed by atoms with Crippen molar-refractivity contribution in [2.75, 3.05) is 20.2 Å². The third-order valence-electron chi connectivity index (χ3n) is 4.60. The van der Waals surface area contributed by atoms with E-state index in [1.807, 2.05) is 0 Å². The van der Waals surface area contributed by atoms with Crippen molar-refractivity contribution in [1.29, 1.82) is 0 Å². The first-order chi connectivity index (χ1) is 14.6. The molecule has 0 bridgehead atoms. The lowest BCUT2D eigenvalue weighted by molar-refractivity contribution is -0.143. The summed E-state index contributed by atoms with van der Waals surface area (Å²) in [6.07, 6.45) is -0.00383. The minimum atomic E-state index is -1.36. The van der Waals surface area contributed by atoms with Crippen LogP contribution in [0.4, 0.5) is 0 Å². The van der Waals surface area contributed by atoms with E-state index in [4.69, 9.17) is 22.1 Å². The SMILES string of the molecule is CC[C@H](C)[C@H](NC(=O)[C@H](CC(N)=O)NC(=O)c1ccc(Cl)cc1OCCNC)C(=O)O. The van der Waals surface area contributed by atoms with Crippen LogP contribution >= 0.6 is 11.6 Å². The summed E-state index contributed by atoms with van der Waals surface area (Å²) >= 11 is 5.98. The number of halogens is 1. The zero-order chi connectivity index (χ0) is 23.6. The van der Waals surface area contributed by atoms with Crippen LogP contribution in [0.1, 0.15) is 37.0 Å². The predicted molar refractivity (Wildman–Crippen MR) is 115 cm³/mol. The van der Waals surface area contributed by atoms with E-state index in [0.717, 1.165) is 0 Å². The Morgan fingerprint density at radius 1 is 1.23 bits per heavy atom. The molecule has 3 atom stereocenters. The number of carbonyl (C=O) groups excluding carboxylic acids is 3. The Morgan fingerprint density at radius 2 is 1.90 bits per heavy atom. The zero-order valence-electron chi connectivity index (χ0n) is 17.7. The van der Waals surface area contributed by atoms with Crippen molar-refractivity contribution in [3.63, 3.8) is 0 Å². The maximum absolute atomic E-state index is 12.8. The van der Waals surface area contributed by atoms with Gasteiger partial charge in [-0.25, -0.2) is 4.79 Å². The molecular weight excluding hydrogens is 428 g/mol. The molecule has 0 fully saturated rings. The first-order valence-corrected chi connectivity index (χ1v) is 10.2. The van der Waals surface area contributed by atoms with Gasteiger partial charge in [-0.3, -0.25) is 14.4 Å². The maximum Gasteiger partial charge on any atom is 0.326 e. The minimum absolute atomic E-state index is 0.0967. The van der Waals surface area contributed by atoms with E-state index in [-0.39, 0.29) is 23.8 Å². The highest BCUT2D eigenvalue weighted by Crippen LogP contribution is 2.23. The molecule has 11 heteroatoms. The van der Waals surface area contributed by atoms with Crippen molar-refractivity contribution in [2.45, 2.75) is 38.8 Å². The third-order valence-corrected chi connectivity index (χ3v) is 4.84. The highest BCUT2D eigenvalue weighted by atomic mass is 35.5. The number of benzene rings is 1. The van der Waals surface area contributed by atoms with Gasteiger partial charge in [0.2, 0.25) is 11.8 Å². The van der Waals surface area contributed by atoms with Crippen molar-refractivity contribution < 1.29 is 29.0 Å². The van der Waals surface area contributed by atoms with Gasteiger partial charge in [0.25, 0.3) is 5.91 Å². The van der Waals surface area contributed by atoms with Crippen LogP contribution in [0, 0.1) is 5.92 Å². The number of carboxylic acids is 1. The monoisotopic (exact) mass is 456 g/mol. The third kappa shape index (κ3) is 8.42. The zero-order valence-corrected chi connectivity index (χ0v) is 18.5. The number of carboxylic acid groups (broad SMARTS) is 1. The van der Waals surface area contributed by atoms with Gasteiger partial charge in [0, 0.05) is 11.6 Å². The van der Waals surface area contributed by atoms with E-state index in [1.54, 1.807) is 20.9 Å². The molecule has 0 aliphatic rings. The molecule has 0 aliphatic carbocycles. The number of primary amides is 1. The molecular formula is C20H29ClN4O6. The van der Waals surface area contributed by atoms with Crippen LogP contribution in [-0.4, -0.2) is 61.1 Å². The number of nitrogens with one attached hydrogen (secondary N) is 3. The summed E-state index contributed by atoms with van der Waals surface area (Å²) in [6, 6.07) is 1.81. The van der Waals surface area contributed by atoms with E-state index in [9.17, 15) is 24.3 Å². The highest BCUT2D eigenvalue weighted by molar-refractivity contribution is 6.30. The first kappa shape index (κ1) is 26.2. The number of rotatable bonds is 13. The molecule has 0 radical (unpaired) electrons. The van der Waals surface area contributed by atoms with E-state index < -0.39 is 42.2 Å².